The molecule has 1 aromatic heterocycles. The van der Waals surface area contributed by atoms with Crippen molar-refractivity contribution in [3.05, 3.63) is 109 Å². The van der Waals surface area contributed by atoms with Gasteiger partial charge in [-0.15, -0.1) is 0 Å². The molecule has 4 aromatic rings. The van der Waals surface area contributed by atoms with E-state index in [-0.39, 0.29) is 0 Å². The summed E-state index contributed by atoms with van der Waals surface area (Å²) in [4.78, 5) is 1.90. The van der Waals surface area contributed by atoms with Crippen LogP contribution in [0.15, 0.2) is 108 Å². The molecule has 10 heteroatoms. The van der Waals surface area contributed by atoms with E-state index in [2.05, 4.69) is 45.1 Å². The predicted molar refractivity (Wildman–Crippen MR) is 163 cm³/mol. The van der Waals surface area contributed by atoms with Gasteiger partial charge in [0.25, 0.3) is 0 Å². The minimum Gasteiger partial charge on any atom is -0.399 e. The number of hydrogen-bond acceptors (Lipinski definition) is 7. The third-order valence-electron chi connectivity index (χ3n) is 6.01. The predicted octanol–water partition coefficient (Wildman–Crippen LogP) is 3.57. The highest BCUT2D eigenvalue weighted by atomic mass is 15.3. The van der Waals surface area contributed by atoms with Crippen molar-refractivity contribution in [2.24, 2.45) is 30.1 Å². The van der Waals surface area contributed by atoms with Gasteiger partial charge in [0.05, 0.1) is 46.4 Å². The van der Waals surface area contributed by atoms with Gasteiger partial charge in [-0.2, -0.15) is 0 Å². The van der Waals surface area contributed by atoms with Crippen molar-refractivity contribution in [3.63, 3.8) is 0 Å². The van der Waals surface area contributed by atoms with Gasteiger partial charge in [0.1, 0.15) is 11.9 Å². The van der Waals surface area contributed by atoms with E-state index in [1.807, 2.05) is 121 Å². The summed E-state index contributed by atoms with van der Waals surface area (Å²) < 4.78 is 3.86. The standard InChI is InChI=1S/C25H27N7.C5H13N3/c1-31-15-16-32(2)25(31)30-29-24-13-11-23(12-14-24)28-18-20-5-3-19(4-6-20)17-27-22-9-7-21(26)8-10-22;1-7-3-4-8(2)5-6/h3-16H,17-18H2,1-2H3,(H3,26,27,28,29);3-4,7H,5-6H2,1-2H3/p+2/b;4-3-. The Balaban J connectivity index is 0.000000482. The number of nitrogens with one attached hydrogen (secondary N) is 2. The van der Waals surface area contributed by atoms with Crippen LogP contribution in [0.4, 0.5) is 28.7 Å². The summed E-state index contributed by atoms with van der Waals surface area (Å²) in [5.41, 5.74) is 17.1. The van der Waals surface area contributed by atoms with E-state index in [9.17, 15) is 0 Å². The van der Waals surface area contributed by atoms with E-state index in [4.69, 9.17) is 11.5 Å². The van der Waals surface area contributed by atoms with Gasteiger partial charge >= 0.3 is 5.95 Å². The molecule has 0 unspecified atom stereocenters. The summed E-state index contributed by atoms with van der Waals surface area (Å²) in [5, 5.41) is 17.5. The molecular formula is C30H42N10+2. The Labute approximate surface area is 237 Å². The van der Waals surface area contributed by atoms with E-state index in [1.54, 1.807) is 0 Å². The summed E-state index contributed by atoms with van der Waals surface area (Å²) in [6, 6.07) is 24.3. The van der Waals surface area contributed by atoms with Crippen molar-refractivity contribution in [1.29, 1.82) is 0 Å². The number of azo groups is 1. The Hall–Kier alpha value is -4.67. The zero-order chi connectivity index (χ0) is 28.7. The number of benzene rings is 3. The molecule has 1 heterocycles. The Morgan fingerprint density at radius 2 is 1.45 bits per heavy atom. The van der Waals surface area contributed by atoms with Gasteiger partial charge in [0.2, 0.25) is 0 Å². The molecule has 210 valence electrons. The fourth-order valence-electron chi connectivity index (χ4n) is 3.55. The molecule has 0 fully saturated rings. The second-order valence-electron chi connectivity index (χ2n) is 9.33. The Bertz CT molecular complexity index is 1320. The molecular weight excluding hydrogens is 500 g/mol. The van der Waals surface area contributed by atoms with E-state index >= 15 is 0 Å². The molecule has 0 saturated heterocycles. The molecule has 0 atom stereocenters. The fourth-order valence-corrected chi connectivity index (χ4v) is 3.55. The Morgan fingerprint density at radius 1 is 0.900 bits per heavy atom. The minimum absolute atomic E-state index is 0.574. The molecule has 0 aliphatic rings. The first kappa shape index (κ1) is 29.9. The SMILES string of the molecule is C[NH2+]/C=C\N(C)CN.Cn1cc[n+](C)c1N=Nc1ccc(NCc2ccc(CNc3ccc(N)cc3)cc2)cc1. The maximum absolute atomic E-state index is 5.73. The first-order chi connectivity index (χ1) is 19.4. The molecule has 0 amide bonds. The first-order valence-electron chi connectivity index (χ1n) is 13.2. The molecule has 0 spiro atoms. The molecule has 8 N–H and O–H groups in total. The number of aromatic nitrogens is 2. The van der Waals surface area contributed by atoms with Crippen molar-refractivity contribution in [1.82, 2.24) is 9.47 Å². The second-order valence-corrected chi connectivity index (χ2v) is 9.33. The van der Waals surface area contributed by atoms with E-state index < -0.39 is 0 Å². The second kappa shape index (κ2) is 15.7. The maximum Gasteiger partial charge on any atom is 0.421 e. The van der Waals surface area contributed by atoms with Crippen LogP contribution in [0, 0.1) is 0 Å². The van der Waals surface area contributed by atoms with Gasteiger partial charge in [0.15, 0.2) is 0 Å². The van der Waals surface area contributed by atoms with Crippen LogP contribution < -0.4 is 32.0 Å². The van der Waals surface area contributed by atoms with Gasteiger partial charge in [0, 0.05) is 42.3 Å². The van der Waals surface area contributed by atoms with Gasteiger partial charge in [-0.3, -0.25) is 0 Å². The first-order valence-corrected chi connectivity index (χ1v) is 13.2. The number of hydrogen-bond donors (Lipinski definition) is 5. The monoisotopic (exact) mass is 542 g/mol. The zero-order valence-corrected chi connectivity index (χ0v) is 23.8. The summed E-state index contributed by atoms with van der Waals surface area (Å²) in [5.74, 6) is 0.791. The van der Waals surface area contributed by atoms with Crippen LogP contribution in [0.25, 0.3) is 0 Å². The van der Waals surface area contributed by atoms with Crippen LogP contribution in [0.3, 0.4) is 0 Å². The van der Waals surface area contributed by atoms with Crippen molar-refractivity contribution >= 4 is 28.7 Å². The van der Waals surface area contributed by atoms with Crippen LogP contribution in [-0.2, 0) is 27.2 Å². The Kier molecular flexibility index (Phi) is 11.7. The lowest BCUT2D eigenvalue weighted by Crippen LogP contribution is -2.72. The topological polar surface area (TPSA) is 129 Å². The summed E-state index contributed by atoms with van der Waals surface area (Å²) in [7, 11) is 7.80. The molecule has 0 radical (unpaired) electrons. The smallest absolute Gasteiger partial charge is 0.399 e. The molecule has 40 heavy (non-hydrogen) atoms. The van der Waals surface area contributed by atoms with Gasteiger partial charge in [-0.05, 0) is 59.7 Å². The molecule has 3 aromatic carbocycles. The minimum atomic E-state index is 0.574. The number of nitrogens with zero attached hydrogens (tertiary/aromatic N) is 5. The number of nitrogen functional groups attached to an aromatic ring is 1. The third-order valence-corrected chi connectivity index (χ3v) is 6.01. The average Bonchev–Trinajstić information content (AvgIpc) is 3.31. The highest BCUT2D eigenvalue weighted by Crippen LogP contribution is 2.19. The van der Waals surface area contributed by atoms with Crippen molar-refractivity contribution in [2.75, 3.05) is 37.1 Å². The van der Waals surface area contributed by atoms with E-state index in [0.29, 0.717) is 6.67 Å². The number of rotatable bonds is 11. The number of imidazole rings is 1. The number of aryl methyl sites for hydroxylation is 2. The zero-order valence-electron chi connectivity index (χ0n) is 23.8. The molecule has 0 saturated carbocycles. The summed E-state index contributed by atoms with van der Waals surface area (Å²) >= 11 is 0. The normalized spacial score (nSPS) is 10.9. The Morgan fingerprint density at radius 3 is 1.93 bits per heavy atom. The molecule has 4 rings (SSSR count). The lowest BCUT2D eigenvalue weighted by molar-refractivity contribution is -0.657. The van der Waals surface area contributed by atoms with Crippen LogP contribution in [-0.4, -0.2) is 30.2 Å². The molecule has 0 bridgehead atoms. The van der Waals surface area contributed by atoms with Gasteiger partial charge in [-0.25, -0.2) is 9.13 Å². The van der Waals surface area contributed by atoms with Gasteiger partial charge in [-0.1, -0.05) is 29.4 Å². The maximum atomic E-state index is 5.73. The summed E-state index contributed by atoms with van der Waals surface area (Å²) in [6.07, 6.45) is 7.78. The lowest BCUT2D eigenvalue weighted by Gasteiger charge is -2.09. The summed E-state index contributed by atoms with van der Waals surface area (Å²) in [6.45, 7) is 2.10. The third kappa shape index (κ3) is 9.90. The van der Waals surface area contributed by atoms with Crippen LogP contribution >= 0.6 is 0 Å². The van der Waals surface area contributed by atoms with Crippen molar-refractivity contribution < 1.29 is 9.88 Å². The van der Waals surface area contributed by atoms with E-state index in [1.165, 1.54) is 11.1 Å². The van der Waals surface area contributed by atoms with Crippen molar-refractivity contribution in [2.45, 2.75) is 13.1 Å². The number of quaternary nitrogens is 1. The number of nitrogens with two attached hydrogens (primary N) is 3. The highest BCUT2D eigenvalue weighted by Gasteiger charge is 2.10. The molecule has 10 nitrogen and oxygen atoms in total. The number of anilines is 3. The van der Waals surface area contributed by atoms with Crippen LogP contribution in [0.2, 0.25) is 0 Å². The lowest BCUT2D eigenvalue weighted by atomic mass is 10.1. The van der Waals surface area contributed by atoms with Crippen LogP contribution in [0.5, 0.6) is 0 Å². The fraction of sp³-hybridized carbons (Fsp3) is 0.233. The van der Waals surface area contributed by atoms with E-state index in [0.717, 1.165) is 41.8 Å². The molecule has 0 aliphatic heterocycles. The average molecular weight is 543 g/mol. The van der Waals surface area contributed by atoms with Crippen LogP contribution in [0.1, 0.15) is 11.1 Å². The van der Waals surface area contributed by atoms with Gasteiger partial charge < -0.3 is 32.3 Å². The molecule has 0 aliphatic carbocycles. The highest BCUT2D eigenvalue weighted by molar-refractivity contribution is 5.52. The quantitative estimate of drug-likeness (QED) is 0.0856. The largest absolute Gasteiger partial charge is 0.421 e. The van der Waals surface area contributed by atoms with Crippen molar-refractivity contribution in [3.8, 4) is 0 Å².